The van der Waals surface area contributed by atoms with Crippen molar-refractivity contribution in [2.75, 3.05) is 5.43 Å². The molecule has 9 nitrogen and oxygen atoms in total. The fourth-order valence-corrected chi connectivity index (χ4v) is 1.37. The van der Waals surface area contributed by atoms with Gasteiger partial charge in [0, 0.05) is 12.3 Å². The SMILES string of the molecule is CC(O)CC/C=N/Nc1ccc([N+](=O)[O-])cc1[N+](=O)[O-]. The number of nitro groups is 2. The van der Waals surface area contributed by atoms with Crippen LogP contribution >= 0.6 is 0 Å². The van der Waals surface area contributed by atoms with Crippen molar-refractivity contribution in [2.45, 2.75) is 25.9 Å². The molecule has 1 rings (SSSR count). The van der Waals surface area contributed by atoms with Crippen LogP contribution in [0.25, 0.3) is 0 Å². The van der Waals surface area contributed by atoms with Gasteiger partial charge in [-0.25, -0.2) is 0 Å². The summed E-state index contributed by atoms with van der Waals surface area (Å²) in [6.45, 7) is 1.64. The number of non-ortho nitro benzene ring substituents is 1. The van der Waals surface area contributed by atoms with Crippen LogP contribution in [0.1, 0.15) is 19.8 Å². The topological polar surface area (TPSA) is 131 Å². The van der Waals surface area contributed by atoms with Crippen molar-refractivity contribution in [3.8, 4) is 0 Å². The zero-order valence-electron chi connectivity index (χ0n) is 10.7. The summed E-state index contributed by atoms with van der Waals surface area (Å²) in [4.78, 5) is 20.0. The van der Waals surface area contributed by atoms with Gasteiger partial charge in [0.1, 0.15) is 5.69 Å². The van der Waals surface area contributed by atoms with Crippen LogP contribution in [0.3, 0.4) is 0 Å². The Bertz CT molecular complexity index is 530. The van der Waals surface area contributed by atoms with Crippen molar-refractivity contribution in [2.24, 2.45) is 5.10 Å². The highest BCUT2D eigenvalue weighted by Crippen LogP contribution is 2.28. The summed E-state index contributed by atoms with van der Waals surface area (Å²) in [5.74, 6) is 0. The van der Waals surface area contributed by atoms with Gasteiger partial charge >= 0.3 is 5.69 Å². The summed E-state index contributed by atoms with van der Waals surface area (Å²) in [5, 5.41) is 34.2. The fourth-order valence-electron chi connectivity index (χ4n) is 1.37. The zero-order valence-corrected chi connectivity index (χ0v) is 10.7. The minimum absolute atomic E-state index is 0.0638. The van der Waals surface area contributed by atoms with Crippen LogP contribution in [0.5, 0.6) is 0 Å². The molecule has 0 aliphatic carbocycles. The Hall–Kier alpha value is -2.55. The van der Waals surface area contributed by atoms with E-state index in [0.717, 1.165) is 12.1 Å². The third kappa shape index (κ3) is 4.61. The highest BCUT2D eigenvalue weighted by molar-refractivity contribution is 5.67. The molecule has 20 heavy (non-hydrogen) atoms. The lowest BCUT2D eigenvalue weighted by Gasteiger charge is -2.02. The van der Waals surface area contributed by atoms with Crippen LogP contribution in [0.15, 0.2) is 23.3 Å². The number of rotatable bonds is 7. The molecule has 0 aliphatic heterocycles. The lowest BCUT2D eigenvalue weighted by molar-refractivity contribution is -0.393. The van der Waals surface area contributed by atoms with Crippen LogP contribution in [-0.2, 0) is 0 Å². The molecule has 0 saturated heterocycles. The summed E-state index contributed by atoms with van der Waals surface area (Å²) in [7, 11) is 0. The molecule has 1 aromatic carbocycles. The van der Waals surface area contributed by atoms with Gasteiger partial charge in [-0.2, -0.15) is 5.10 Å². The summed E-state index contributed by atoms with van der Waals surface area (Å²) in [6, 6.07) is 3.25. The molecule has 0 fully saturated rings. The van der Waals surface area contributed by atoms with E-state index < -0.39 is 21.6 Å². The van der Waals surface area contributed by atoms with E-state index in [1.54, 1.807) is 6.92 Å². The van der Waals surface area contributed by atoms with E-state index >= 15 is 0 Å². The molecule has 0 saturated carbocycles. The van der Waals surface area contributed by atoms with Crippen LogP contribution < -0.4 is 5.43 Å². The minimum atomic E-state index is -0.722. The number of nitro benzene ring substituents is 2. The van der Waals surface area contributed by atoms with Gasteiger partial charge in [0.05, 0.1) is 22.0 Å². The molecule has 1 aromatic rings. The van der Waals surface area contributed by atoms with E-state index in [-0.39, 0.29) is 11.4 Å². The molecule has 0 amide bonds. The number of hydrogen-bond donors (Lipinski definition) is 2. The van der Waals surface area contributed by atoms with Crippen molar-refractivity contribution < 1.29 is 15.0 Å². The second kappa shape index (κ2) is 7.14. The first-order chi connectivity index (χ1) is 9.41. The van der Waals surface area contributed by atoms with E-state index in [0.29, 0.717) is 12.8 Å². The molecular formula is C11H14N4O5. The molecular weight excluding hydrogens is 268 g/mol. The Morgan fingerprint density at radius 1 is 1.40 bits per heavy atom. The summed E-state index contributed by atoms with van der Waals surface area (Å²) in [6.07, 6.45) is 2.05. The van der Waals surface area contributed by atoms with Crippen molar-refractivity contribution in [1.29, 1.82) is 0 Å². The molecule has 0 spiro atoms. The zero-order chi connectivity index (χ0) is 15.1. The average Bonchev–Trinajstić information content (AvgIpc) is 2.37. The van der Waals surface area contributed by atoms with Crippen molar-refractivity contribution in [3.63, 3.8) is 0 Å². The lowest BCUT2D eigenvalue weighted by atomic mass is 10.2. The second-order valence-corrected chi connectivity index (χ2v) is 4.07. The third-order valence-electron chi connectivity index (χ3n) is 2.38. The van der Waals surface area contributed by atoms with Gasteiger partial charge in [0.15, 0.2) is 0 Å². The van der Waals surface area contributed by atoms with E-state index in [9.17, 15) is 20.2 Å². The summed E-state index contributed by atoms with van der Waals surface area (Å²) >= 11 is 0. The highest BCUT2D eigenvalue weighted by Gasteiger charge is 2.18. The maximum atomic E-state index is 10.8. The van der Waals surface area contributed by atoms with Crippen LogP contribution in [0, 0.1) is 20.2 Å². The van der Waals surface area contributed by atoms with Crippen molar-refractivity contribution >= 4 is 23.3 Å². The van der Waals surface area contributed by atoms with Crippen molar-refractivity contribution in [3.05, 3.63) is 38.4 Å². The Labute approximate surface area is 114 Å². The van der Waals surface area contributed by atoms with Crippen molar-refractivity contribution in [1.82, 2.24) is 0 Å². The predicted octanol–water partition coefficient (Wildman–Crippen LogP) is 2.06. The molecule has 108 valence electrons. The Morgan fingerprint density at radius 2 is 2.10 bits per heavy atom. The van der Waals surface area contributed by atoms with Crippen LogP contribution in [0.4, 0.5) is 17.1 Å². The molecule has 9 heteroatoms. The number of aliphatic hydroxyl groups is 1. The Morgan fingerprint density at radius 3 is 2.65 bits per heavy atom. The largest absolute Gasteiger partial charge is 0.393 e. The second-order valence-electron chi connectivity index (χ2n) is 4.07. The van der Waals surface area contributed by atoms with Gasteiger partial charge in [0.2, 0.25) is 0 Å². The quantitative estimate of drug-likeness (QED) is 0.447. The van der Waals surface area contributed by atoms with E-state index in [2.05, 4.69) is 10.5 Å². The molecule has 1 atom stereocenters. The number of hydrazone groups is 1. The standard InChI is InChI=1S/C11H14N4O5/c1-8(16)3-2-6-12-13-10-5-4-9(14(17)18)7-11(10)15(19)20/h4-8,13,16H,2-3H2,1H3/b12-6+. The van der Waals surface area contributed by atoms with E-state index in [1.165, 1.54) is 12.3 Å². The number of nitrogens with one attached hydrogen (secondary N) is 1. The molecule has 2 N–H and O–H groups in total. The normalized spacial score (nSPS) is 12.3. The Balaban J connectivity index is 2.79. The van der Waals surface area contributed by atoms with Crippen LogP contribution in [-0.4, -0.2) is 27.3 Å². The van der Waals surface area contributed by atoms with Gasteiger partial charge in [-0.05, 0) is 25.8 Å². The van der Waals surface area contributed by atoms with E-state index in [1.807, 2.05) is 0 Å². The molecule has 0 aliphatic rings. The first-order valence-electron chi connectivity index (χ1n) is 5.80. The van der Waals surface area contributed by atoms with Gasteiger partial charge in [-0.1, -0.05) is 0 Å². The average molecular weight is 282 g/mol. The molecule has 1 unspecified atom stereocenters. The number of benzene rings is 1. The fraction of sp³-hybridized carbons (Fsp3) is 0.364. The number of hydrogen-bond acceptors (Lipinski definition) is 7. The van der Waals surface area contributed by atoms with E-state index in [4.69, 9.17) is 5.11 Å². The molecule has 0 aromatic heterocycles. The lowest BCUT2D eigenvalue weighted by Crippen LogP contribution is -2.00. The monoisotopic (exact) mass is 282 g/mol. The molecule has 0 bridgehead atoms. The maximum Gasteiger partial charge on any atom is 0.301 e. The third-order valence-corrected chi connectivity index (χ3v) is 2.38. The molecule has 0 radical (unpaired) electrons. The summed E-state index contributed by atoms with van der Waals surface area (Å²) in [5.41, 5.74) is 1.74. The smallest absolute Gasteiger partial charge is 0.301 e. The first-order valence-corrected chi connectivity index (χ1v) is 5.80. The predicted molar refractivity (Wildman–Crippen MR) is 72.8 cm³/mol. The number of anilines is 1. The van der Waals surface area contributed by atoms with Gasteiger partial charge in [-0.15, -0.1) is 0 Å². The van der Waals surface area contributed by atoms with Crippen LogP contribution in [0.2, 0.25) is 0 Å². The number of aliphatic hydroxyl groups excluding tert-OH is 1. The number of nitrogens with zero attached hydrogens (tertiary/aromatic N) is 3. The van der Waals surface area contributed by atoms with Gasteiger partial charge in [-0.3, -0.25) is 25.7 Å². The highest BCUT2D eigenvalue weighted by atomic mass is 16.6. The molecule has 0 heterocycles. The minimum Gasteiger partial charge on any atom is -0.393 e. The van der Waals surface area contributed by atoms with Gasteiger partial charge < -0.3 is 5.11 Å². The Kier molecular flexibility index (Phi) is 5.54. The first kappa shape index (κ1) is 15.5. The van der Waals surface area contributed by atoms with Gasteiger partial charge in [0.25, 0.3) is 5.69 Å². The summed E-state index contributed by atoms with van der Waals surface area (Å²) < 4.78 is 0. The maximum absolute atomic E-state index is 10.8.